The quantitative estimate of drug-likeness (QED) is 0.174. The Kier molecular flexibility index (Phi) is 7.15. The molecule has 1 heterocycles. The summed E-state index contributed by atoms with van der Waals surface area (Å²) < 4.78 is 0. The van der Waals surface area contributed by atoms with Gasteiger partial charge in [-0.15, -0.1) is 0 Å². The van der Waals surface area contributed by atoms with Crippen molar-refractivity contribution in [1.82, 2.24) is 4.98 Å². The summed E-state index contributed by atoms with van der Waals surface area (Å²) in [6, 6.07) is 77.3. The lowest BCUT2D eigenvalue weighted by Gasteiger charge is -2.30. The lowest BCUT2D eigenvalue weighted by Crippen LogP contribution is -2.25. The number of nitrogens with zero attached hydrogens (tertiary/aromatic N) is 1. The summed E-state index contributed by atoms with van der Waals surface area (Å²) in [5.41, 5.74) is 21.8. The molecule has 1 nitrogen and oxygen atoms in total. The van der Waals surface area contributed by atoms with Crippen molar-refractivity contribution in [2.24, 2.45) is 0 Å². The summed E-state index contributed by atoms with van der Waals surface area (Å²) in [5.74, 6) is 0. The molecule has 1 aromatic heterocycles. The molecule has 0 saturated carbocycles. The zero-order chi connectivity index (χ0) is 36.3. The molecule has 8 aromatic carbocycles. The Labute approximate surface area is 321 Å². The van der Waals surface area contributed by atoms with Gasteiger partial charge in [0.25, 0.3) is 0 Å². The second kappa shape index (κ2) is 12.5. The minimum atomic E-state index is -0.310. The molecule has 0 unspecified atom stereocenters. The van der Waals surface area contributed by atoms with Crippen LogP contribution in [-0.2, 0) is 5.41 Å². The van der Waals surface area contributed by atoms with E-state index in [1.54, 1.807) is 0 Å². The first-order chi connectivity index (χ1) is 27.3. The summed E-state index contributed by atoms with van der Waals surface area (Å²) in [5, 5.41) is 0. The van der Waals surface area contributed by atoms with Crippen LogP contribution < -0.4 is 0 Å². The molecule has 0 fully saturated rings. The molecule has 0 amide bonds. The van der Waals surface area contributed by atoms with Gasteiger partial charge in [0.05, 0.1) is 16.8 Å². The van der Waals surface area contributed by atoms with Crippen LogP contribution in [0.3, 0.4) is 0 Å². The van der Waals surface area contributed by atoms with Crippen LogP contribution in [0.5, 0.6) is 0 Å². The third-order valence-electron chi connectivity index (χ3n) is 11.7. The molecule has 9 aromatic rings. The van der Waals surface area contributed by atoms with Gasteiger partial charge in [0.15, 0.2) is 0 Å². The van der Waals surface area contributed by atoms with Gasteiger partial charge in [0.1, 0.15) is 0 Å². The second-order valence-electron chi connectivity index (χ2n) is 14.7. The molecule has 2 aliphatic rings. The Hall–Kier alpha value is -7.09. The number of hydrogen-bond acceptors (Lipinski definition) is 1. The van der Waals surface area contributed by atoms with Crippen molar-refractivity contribution in [3.63, 3.8) is 0 Å². The molecule has 256 valence electrons. The van der Waals surface area contributed by atoms with Gasteiger partial charge in [-0.3, -0.25) is 0 Å². The number of benzene rings is 8. The highest BCUT2D eigenvalue weighted by Crippen LogP contribution is 2.62. The van der Waals surface area contributed by atoms with Crippen LogP contribution in [0, 0.1) is 0 Å². The average Bonchev–Trinajstić information content (AvgIpc) is 3.74. The summed E-state index contributed by atoms with van der Waals surface area (Å²) in [6.07, 6.45) is 0. The smallest absolute Gasteiger partial charge is 0.0725 e. The van der Waals surface area contributed by atoms with E-state index in [1.165, 1.54) is 72.3 Å². The van der Waals surface area contributed by atoms with E-state index >= 15 is 0 Å². The lowest BCUT2D eigenvalue weighted by molar-refractivity contribution is 0.794. The summed E-state index contributed by atoms with van der Waals surface area (Å²) in [7, 11) is 0. The number of aromatic nitrogens is 1. The van der Waals surface area contributed by atoms with E-state index in [9.17, 15) is 0 Å². The van der Waals surface area contributed by atoms with Gasteiger partial charge in [0, 0.05) is 11.1 Å². The topological polar surface area (TPSA) is 12.9 Å². The van der Waals surface area contributed by atoms with Gasteiger partial charge in [-0.1, -0.05) is 194 Å². The van der Waals surface area contributed by atoms with Crippen LogP contribution in [0.2, 0.25) is 0 Å². The molecule has 0 atom stereocenters. The van der Waals surface area contributed by atoms with Gasteiger partial charge in [0.2, 0.25) is 0 Å². The van der Waals surface area contributed by atoms with Crippen molar-refractivity contribution >= 4 is 0 Å². The standard InChI is InChI=1S/C54H35N/c1-3-13-36(14-4-1)43-34-52(40-15-5-2-6-16-40)55-53(35-43)41-29-27-38(28-30-41)37-23-25-39(26-24-37)42-31-32-51-47(33-42)46-19-9-12-22-50(46)54(51)48-20-10-7-17-44(48)45-18-8-11-21-49(45)54/h1-35H. The predicted octanol–water partition coefficient (Wildman–Crippen LogP) is 13.8. The third kappa shape index (κ3) is 4.90. The largest absolute Gasteiger partial charge is 0.248 e. The summed E-state index contributed by atoms with van der Waals surface area (Å²) in [6.45, 7) is 0. The summed E-state index contributed by atoms with van der Waals surface area (Å²) in [4.78, 5) is 5.13. The fourth-order valence-electron chi connectivity index (χ4n) is 9.20. The molecule has 0 bridgehead atoms. The number of fused-ring (bicyclic) bond motifs is 10. The first kappa shape index (κ1) is 31.4. The Morgan fingerprint density at radius 3 is 1.11 bits per heavy atom. The monoisotopic (exact) mass is 697 g/mol. The maximum atomic E-state index is 5.13. The van der Waals surface area contributed by atoms with Crippen molar-refractivity contribution in [3.8, 4) is 78.1 Å². The first-order valence-electron chi connectivity index (χ1n) is 19.0. The minimum absolute atomic E-state index is 0.310. The van der Waals surface area contributed by atoms with Crippen LogP contribution in [0.4, 0.5) is 0 Å². The average molecular weight is 698 g/mol. The van der Waals surface area contributed by atoms with Crippen LogP contribution in [0.1, 0.15) is 22.3 Å². The Balaban J connectivity index is 0.932. The van der Waals surface area contributed by atoms with Gasteiger partial charge in [-0.2, -0.15) is 0 Å². The molecule has 11 rings (SSSR count). The van der Waals surface area contributed by atoms with E-state index in [2.05, 4.69) is 206 Å². The fraction of sp³-hybridized carbons (Fsp3) is 0.0185. The maximum absolute atomic E-state index is 5.13. The molecular weight excluding hydrogens is 663 g/mol. The van der Waals surface area contributed by atoms with Crippen LogP contribution in [-0.4, -0.2) is 4.98 Å². The van der Waals surface area contributed by atoms with Crippen LogP contribution >= 0.6 is 0 Å². The van der Waals surface area contributed by atoms with Crippen molar-refractivity contribution in [2.75, 3.05) is 0 Å². The molecule has 0 saturated heterocycles. The highest BCUT2D eigenvalue weighted by atomic mass is 14.7. The van der Waals surface area contributed by atoms with Crippen molar-refractivity contribution in [1.29, 1.82) is 0 Å². The molecule has 0 aliphatic heterocycles. The van der Waals surface area contributed by atoms with Crippen LogP contribution in [0.15, 0.2) is 212 Å². The molecule has 0 N–H and O–H groups in total. The second-order valence-corrected chi connectivity index (χ2v) is 14.7. The van der Waals surface area contributed by atoms with E-state index in [4.69, 9.17) is 4.98 Å². The Morgan fingerprint density at radius 2 is 0.582 bits per heavy atom. The summed E-state index contributed by atoms with van der Waals surface area (Å²) >= 11 is 0. The predicted molar refractivity (Wildman–Crippen MR) is 228 cm³/mol. The number of hydrogen-bond donors (Lipinski definition) is 0. The first-order valence-corrected chi connectivity index (χ1v) is 19.0. The molecule has 0 radical (unpaired) electrons. The molecule has 55 heavy (non-hydrogen) atoms. The number of pyridine rings is 1. The van der Waals surface area contributed by atoms with E-state index in [1.807, 2.05) is 6.07 Å². The van der Waals surface area contributed by atoms with E-state index in [-0.39, 0.29) is 5.41 Å². The van der Waals surface area contributed by atoms with Crippen LogP contribution in [0.25, 0.3) is 78.1 Å². The fourth-order valence-corrected chi connectivity index (χ4v) is 9.20. The van der Waals surface area contributed by atoms with Gasteiger partial charge in [-0.25, -0.2) is 4.98 Å². The highest BCUT2D eigenvalue weighted by molar-refractivity contribution is 5.96. The SMILES string of the molecule is c1ccc(-c2cc(-c3ccccc3)nc(-c3ccc(-c4ccc(-c5ccc6c(c5)-c5ccccc5C65c6ccccc6-c6ccccc65)cc4)cc3)c2)cc1. The zero-order valence-corrected chi connectivity index (χ0v) is 30.2. The molecule has 1 spiro atoms. The minimum Gasteiger partial charge on any atom is -0.248 e. The normalized spacial score (nSPS) is 12.9. The van der Waals surface area contributed by atoms with Crippen molar-refractivity contribution in [2.45, 2.75) is 5.41 Å². The third-order valence-corrected chi connectivity index (χ3v) is 11.7. The molecular formula is C54H35N. The Morgan fingerprint density at radius 1 is 0.236 bits per heavy atom. The van der Waals surface area contributed by atoms with Crippen molar-refractivity contribution in [3.05, 3.63) is 235 Å². The highest BCUT2D eigenvalue weighted by Gasteiger charge is 2.51. The maximum Gasteiger partial charge on any atom is 0.0725 e. The van der Waals surface area contributed by atoms with E-state index in [0.717, 1.165) is 28.1 Å². The zero-order valence-electron chi connectivity index (χ0n) is 30.2. The molecule has 2 aliphatic carbocycles. The lowest BCUT2D eigenvalue weighted by atomic mass is 9.70. The van der Waals surface area contributed by atoms with Gasteiger partial charge in [-0.05, 0) is 96.1 Å². The van der Waals surface area contributed by atoms with E-state index in [0.29, 0.717) is 0 Å². The van der Waals surface area contributed by atoms with Gasteiger partial charge < -0.3 is 0 Å². The number of rotatable bonds is 5. The Bertz CT molecular complexity index is 2780. The van der Waals surface area contributed by atoms with E-state index < -0.39 is 0 Å². The van der Waals surface area contributed by atoms with Crippen molar-refractivity contribution < 1.29 is 0 Å². The van der Waals surface area contributed by atoms with Gasteiger partial charge >= 0.3 is 0 Å². The molecule has 1 heteroatoms.